The molecular weight excluding hydrogens is 1200 g/mol. The first kappa shape index (κ1) is 78.7. The van der Waals surface area contributed by atoms with Crippen molar-refractivity contribution in [3.63, 3.8) is 0 Å². The summed E-state index contributed by atoms with van der Waals surface area (Å²) in [7, 11) is 0. The van der Waals surface area contributed by atoms with Gasteiger partial charge >= 0.3 is 0 Å². The summed E-state index contributed by atoms with van der Waals surface area (Å²) in [6.45, 7) is 21.3. The van der Waals surface area contributed by atoms with E-state index in [2.05, 4.69) is 251 Å². The van der Waals surface area contributed by atoms with Crippen LogP contribution in [0.25, 0.3) is 43.4 Å². The van der Waals surface area contributed by atoms with Gasteiger partial charge in [0.15, 0.2) is 0 Å². The van der Waals surface area contributed by atoms with Crippen LogP contribution in [0, 0.1) is 106 Å². The first-order valence-corrected chi connectivity index (χ1v) is 20.4. The third-order valence-electron chi connectivity index (χ3n) is 10.5. The molecule has 0 atom stereocenters. The molecule has 5 heteroatoms. The minimum Gasteiger partial charge on any atom is -0.358 e. The van der Waals surface area contributed by atoms with E-state index in [1.807, 2.05) is 0 Å². The van der Waals surface area contributed by atoms with Crippen LogP contribution in [-0.2, 0) is 164 Å². The molecule has 0 saturated heterocycles. The Morgan fingerprint density at radius 2 is 0.426 bits per heavy atom. The number of hydrogen-bond donors (Lipinski definition) is 0. The van der Waals surface area contributed by atoms with E-state index in [0.717, 1.165) is 0 Å². The smallest absolute Gasteiger partial charge is 0 e. The van der Waals surface area contributed by atoms with Gasteiger partial charge in [-0.3, -0.25) is 0 Å². The molecule has 0 aromatic heterocycles. The Balaban J connectivity index is -0.000000172. The Morgan fingerprint density at radius 1 is 0.206 bits per heavy atom. The Labute approximate surface area is 542 Å². The van der Waals surface area contributed by atoms with E-state index >= 15 is 0 Å². The molecule has 0 fully saturated rings. The molecule has 0 heterocycles. The minimum absolute atomic E-state index is 0. The topological polar surface area (TPSA) is 0 Å². The summed E-state index contributed by atoms with van der Waals surface area (Å²) in [5.74, 6) is 0. The Morgan fingerprint density at radius 3 is 0.706 bits per heavy atom. The quantitative estimate of drug-likeness (QED) is 0.144. The number of fused-ring (bicyclic) bond motifs is 3. The van der Waals surface area contributed by atoms with E-state index in [4.69, 9.17) is 0 Å². The van der Waals surface area contributed by atoms with Crippen LogP contribution in [0.1, 0.15) is 55.6 Å². The Bertz CT molecular complexity index is 2480. The summed E-state index contributed by atoms with van der Waals surface area (Å²) < 4.78 is 0. The molecule has 0 N–H and O–H groups in total. The van der Waals surface area contributed by atoms with Gasteiger partial charge in [0.2, 0.25) is 0 Å². The zero-order valence-corrected chi connectivity index (χ0v) is 58.4. The van der Waals surface area contributed by atoms with Gasteiger partial charge in [0, 0.05) is 164 Å². The number of hydrogen-bond acceptors (Lipinski definition) is 0. The van der Waals surface area contributed by atoms with Gasteiger partial charge in [-0.1, -0.05) is 215 Å². The first-order valence-electron chi connectivity index (χ1n) is 20.4. The van der Waals surface area contributed by atoms with Crippen molar-refractivity contribution in [1.29, 1.82) is 0 Å². The largest absolute Gasteiger partial charge is 0.358 e. The van der Waals surface area contributed by atoms with E-state index in [1.54, 1.807) is 0 Å². The van der Waals surface area contributed by atoms with Gasteiger partial charge in [0.05, 0.1) is 0 Å². The SMILES string of the molecule is Cc1ccc(-c2ccc(C)cc2)cc1.Cc1ccc(C)c2ccccc12.Cc1ccc(C)cc1.Cc1ccc2cc(C)ccc2c1.Cc1cccc2c(C)cccc12.[CH3-].[CH3-].[CH3-].[CH3-].[CH3-].[Y].[Y].[Y].[Y].[Y]. The van der Waals surface area contributed by atoms with Crippen molar-refractivity contribution in [3.05, 3.63) is 275 Å². The molecule has 0 spiro atoms. The maximum absolute atomic E-state index is 2.22. The molecular formula is C63H75Y5-5. The van der Waals surface area contributed by atoms with Crippen LogP contribution in [0.2, 0.25) is 0 Å². The van der Waals surface area contributed by atoms with Gasteiger partial charge in [-0.15, -0.1) is 0 Å². The van der Waals surface area contributed by atoms with Crippen LogP contribution < -0.4 is 0 Å². The maximum atomic E-state index is 2.22. The number of aryl methyl sites for hydroxylation is 10. The Kier molecular flexibility index (Phi) is 47.1. The van der Waals surface area contributed by atoms with Crippen molar-refractivity contribution in [2.24, 2.45) is 0 Å². The van der Waals surface area contributed by atoms with E-state index in [-0.39, 0.29) is 201 Å². The van der Waals surface area contributed by atoms with Crippen LogP contribution in [0.4, 0.5) is 0 Å². The minimum atomic E-state index is 0. The average Bonchev–Trinajstić information content (AvgIpc) is 3.23. The van der Waals surface area contributed by atoms with Crippen molar-refractivity contribution in [2.45, 2.75) is 69.2 Å². The summed E-state index contributed by atoms with van der Waals surface area (Å²) in [5, 5.41) is 8.16. The molecule has 0 aliphatic heterocycles. The molecule has 9 rings (SSSR count). The summed E-state index contributed by atoms with van der Waals surface area (Å²) in [4.78, 5) is 0. The molecule has 0 aliphatic rings. The van der Waals surface area contributed by atoms with Gasteiger partial charge in [-0.2, -0.15) is 0 Å². The molecule has 0 aliphatic carbocycles. The molecule has 5 radical (unpaired) electrons. The zero-order valence-electron chi connectivity index (χ0n) is 44.2. The molecule has 9 aromatic rings. The van der Waals surface area contributed by atoms with Gasteiger partial charge in [-0.25, -0.2) is 0 Å². The third-order valence-corrected chi connectivity index (χ3v) is 10.5. The molecule has 0 unspecified atom stereocenters. The fraction of sp³-hybridized carbons (Fsp3) is 0.159. The van der Waals surface area contributed by atoms with Gasteiger partial charge in [-0.05, 0) is 135 Å². The second kappa shape index (κ2) is 40.7. The van der Waals surface area contributed by atoms with Gasteiger partial charge < -0.3 is 37.1 Å². The van der Waals surface area contributed by atoms with Crippen molar-refractivity contribution >= 4 is 32.3 Å². The van der Waals surface area contributed by atoms with E-state index < -0.39 is 0 Å². The predicted molar refractivity (Wildman–Crippen MR) is 290 cm³/mol. The summed E-state index contributed by atoms with van der Waals surface area (Å²) in [5.41, 5.74) is 15.9. The second-order valence-electron chi connectivity index (χ2n) is 15.7. The van der Waals surface area contributed by atoms with Gasteiger partial charge in [0.1, 0.15) is 0 Å². The van der Waals surface area contributed by atoms with E-state index in [0.29, 0.717) is 0 Å². The molecule has 347 valence electrons. The monoisotopic (exact) mass is 1280 g/mol. The second-order valence-corrected chi connectivity index (χ2v) is 15.7. The van der Waals surface area contributed by atoms with E-state index in [9.17, 15) is 0 Å². The Hall–Kier alpha value is -0.721. The molecule has 0 amide bonds. The molecule has 0 saturated carbocycles. The van der Waals surface area contributed by atoms with Crippen molar-refractivity contribution < 1.29 is 164 Å². The first-order chi connectivity index (χ1) is 27.9. The van der Waals surface area contributed by atoms with Crippen molar-refractivity contribution in [3.8, 4) is 11.1 Å². The summed E-state index contributed by atoms with van der Waals surface area (Å²) in [6, 6.07) is 64.6. The van der Waals surface area contributed by atoms with Crippen molar-refractivity contribution in [1.82, 2.24) is 0 Å². The zero-order chi connectivity index (χ0) is 41.6. The maximum Gasteiger partial charge on any atom is 0 e. The predicted octanol–water partition coefficient (Wildman–Crippen LogP) is 18.9. The molecule has 9 aromatic carbocycles. The van der Waals surface area contributed by atoms with Crippen LogP contribution in [-0.4, -0.2) is 0 Å². The third kappa shape index (κ3) is 25.3. The summed E-state index contributed by atoms with van der Waals surface area (Å²) >= 11 is 0. The normalized spacial score (nSPS) is 8.74. The number of benzene rings is 9. The van der Waals surface area contributed by atoms with Crippen molar-refractivity contribution in [2.75, 3.05) is 0 Å². The fourth-order valence-corrected chi connectivity index (χ4v) is 6.84. The summed E-state index contributed by atoms with van der Waals surface area (Å²) in [6.07, 6.45) is 0. The number of rotatable bonds is 1. The molecule has 68 heavy (non-hydrogen) atoms. The van der Waals surface area contributed by atoms with Crippen LogP contribution in [0.5, 0.6) is 0 Å². The van der Waals surface area contributed by atoms with Gasteiger partial charge in [0.25, 0.3) is 0 Å². The standard InChI is InChI=1S/C14H14.3C12H12.C8H10.5CH3.5Y/c1-11-3-7-13(8-4-11)14-9-5-12(2)6-10-14;1-9-3-5-12-8-10(2)4-6-11(12)7-9;1-9-5-3-8-12-10(2)6-4-7-11(9)12;1-9-7-8-10(2)12-6-4-3-5-11(9)12;1-7-3-5-8(2)6-4-7;;;;;;;;;;/h3-10H,1-2H3;3*3-8H,1-2H3;3-6H,1-2H3;5*1H3;;;;;/q;;;;;5*-1;;;;;. The average molecular weight is 1280 g/mol. The fourth-order valence-electron chi connectivity index (χ4n) is 6.84. The molecule has 0 nitrogen and oxygen atoms in total. The van der Waals surface area contributed by atoms with E-state index in [1.165, 1.54) is 99.1 Å². The van der Waals surface area contributed by atoms with Crippen LogP contribution in [0.3, 0.4) is 0 Å². The molecule has 0 bridgehead atoms. The van der Waals surface area contributed by atoms with Crippen LogP contribution >= 0.6 is 0 Å². The van der Waals surface area contributed by atoms with Crippen LogP contribution in [0.15, 0.2) is 182 Å².